The van der Waals surface area contributed by atoms with E-state index in [0.29, 0.717) is 26.1 Å². The van der Waals surface area contributed by atoms with Gasteiger partial charge >= 0.3 is 0 Å². The van der Waals surface area contributed by atoms with Crippen molar-refractivity contribution in [3.05, 3.63) is 70.8 Å². The van der Waals surface area contributed by atoms with Gasteiger partial charge in [-0.25, -0.2) is 4.68 Å². The summed E-state index contributed by atoms with van der Waals surface area (Å²) in [6.07, 6.45) is 1.76. The standard InChI is InChI=1S/C18H15Cl2N5S2/c1-24(17(26)21-14-6-2-4-12(19)10-14)16-8-9-25(23-16)18(27)22-15-7-3-5-13(20)11-15/h2-11H,1H3,(H,21,26)(H,22,27). The molecule has 5 nitrogen and oxygen atoms in total. The van der Waals surface area contributed by atoms with Crippen molar-refractivity contribution in [2.75, 3.05) is 22.6 Å². The lowest BCUT2D eigenvalue weighted by Crippen LogP contribution is -2.31. The van der Waals surface area contributed by atoms with Gasteiger partial charge in [0.25, 0.3) is 0 Å². The summed E-state index contributed by atoms with van der Waals surface area (Å²) in [5, 5.41) is 12.8. The fourth-order valence-electron chi connectivity index (χ4n) is 2.23. The van der Waals surface area contributed by atoms with Crippen LogP contribution in [0.1, 0.15) is 0 Å². The molecule has 3 rings (SSSR count). The average molecular weight is 436 g/mol. The smallest absolute Gasteiger partial charge is 0.198 e. The predicted molar refractivity (Wildman–Crippen MR) is 121 cm³/mol. The molecule has 0 radical (unpaired) electrons. The van der Waals surface area contributed by atoms with Crippen LogP contribution in [0.2, 0.25) is 10.0 Å². The Morgan fingerprint density at radius 1 is 0.963 bits per heavy atom. The van der Waals surface area contributed by atoms with Crippen LogP contribution in [-0.4, -0.2) is 27.1 Å². The first kappa shape index (κ1) is 19.6. The molecular weight excluding hydrogens is 421 g/mol. The molecule has 1 aromatic heterocycles. The molecule has 9 heteroatoms. The highest BCUT2D eigenvalue weighted by molar-refractivity contribution is 7.81. The van der Waals surface area contributed by atoms with Crippen LogP contribution in [0.3, 0.4) is 0 Å². The lowest BCUT2D eigenvalue weighted by atomic mass is 10.3. The van der Waals surface area contributed by atoms with Crippen LogP contribution in [0.15, 0.2) is 60.8 Å². The molecule has 0 saturated carbocycles. The van der Waals surface area contributed by atoms with E-state index in [9.17, 15) is 0 Å². The van der Waals surface area contributed by atoms with Crippen molar-refractivity contribution in [2.45, 2.75) is 0 Å². The van der Waals surface area contributed by atoms with E-state index in [1.165, 1.54) is 0 Å². The Kier molecular flexibility index (Phi) is 6.28. The highest BCUT2D eigenvalue weighted by Gasteiger charge is 2.12. The van der Waals surface area contributed by atoms with Gasteiger partial charge in [0.1, 0.15) is 0 Å². The topological polar surface area (TPSA) is 45.1 Å². The molecule has 138 valence electrons. The fraction of sp³-hybridized carbons (Fsp3) is 0.0556. The van der Waals surface area contributed by atoms with Gasteiger partial charge in [-0.1, -0.05) is 35.3 Å². The first-order valence-corrected chi connectivity index (χ1v) is 9.42. The molecule has 0 spiro atoms. The van der Waals surface area contributed by atoms with Gasteiger partial charge in [0.05, 0.1) is 0 Å². The first-order valence-electron chi connectivity index (χ1n) is 7.85. The molecule has 0 aliphatic rings. The monoisotopic (exact) mass is 435 g/mol. The maximum atomic E-state index is 6.00. The third-order valence-corrected chi connectivity index (χ3v) is 4.72. The third kappa shape index (κ3) is 5.17. The number of hydrogen-bond donors (Lipinski definition) is 2. The molecule has 0 unspecified atom stereocenters. The Morgan fingerprint density at radius 3 is 2.15 bits per heavy atom. The Hall–Kier alpha value is -2.19. The second-order valence-electron chi connectivity index (χ2n) is 5.56. The first-order chi connectivity index (χ1) is 12.9. The highest BCUT2D eigenvalue weighted by atomic mass is 35.5. The maximum Gasteiger partial charge on any atom is 0.198 e. The van der Waals surface area contributed by atoms with E-state index in [2.05, 4.69) is 15.7 Å². The number of halogens is 2. The van der Waals surface area contributed by atoms with Crippen LogP contribution < -0.4 is 15.5 Å². The van der Waals surface area contributed by atoms with Crippen LogP contribution in [0.5, 0.6) is 0 Å². The molecule has 2 N–H and O–H groups in total. The van der Waals surface area contributed by atoms with Crippen molar-refractivity contribution < 1.29 is 0 Å². The molecule has 0 atom stereocenters. The Bertz CT molecular complexity index is 989. The number of benzene rings is 2. The molecule has 0 fully saturated rings. The van der Waals surface area contributed by atoms with E-state index >= 15 is 0 Å². The van der Waals surface area contributed by atoms with E-state index in [4.69, 9.17) is 47.6 Å². The zero-order chi connectivity index (χ0) is 19.4. The summed E-state index contributed by atoms with van der Waals surface area (Å²) >= 11 is 22.8. The number of thiocarbonyl (C=S) groups is 2. The molecular formula is C18H15Cl2N5S2. The Morgan fingerprint density at radius 2 is 1.56 bits per heavy atom. The second kappa shape index (κ2) is 8.67. The molecule has 3 aromatic rings. The van der Waals surface area contributed by atoms with Gasteiger partial charge < -0.3 is 15.5 Å². The SMILES string of the molecule is CN(C(=S)Nc1cccc(Cl)c1)c1ccn(C(=S)Nc2cccc(Cl)c2)n1. The lowest BCUT2D eigenvalue weighted by Gasteiger charge is -2.18. The van der Waals surface area contributed by atoms with E-state index in [1.54, 1.807) is 40.0 Å². The molecule has 0 bridgehead atoms. The molecule has 0 amide bonds. The van der Waals surface area contributed by atoms with Crippen LogP contribution in [-0.2, 0) is 0 Å². The third-order valence-electron chi connectivity index (χ3n) is 3.58. The number of hydrogen-bond acceptors (Lipinski definition) is 3. The lowest BCUT2D eigenvalue weighted by molar-refractivity contribution is 0.937. The molecule has 0 aliphatic heterocycles. The van der Waals surface area contributed by atoms with Gasteiger partial charge in [-0.2, -0.15) is 0 Å². The van der Waals surface area contributed by atoms with Gasteiger partial charge in [-0.3, -0.25) is 0 Å². The number of nitrogens with zero attached hydrogens (tertiary/aromatic N) is 3. The normalized spacial score (nSPS) is 10.3. The molecule has 1 heterocycles. The maximum absolute atomic E-state index is 6.00. The molecule has 2 aromatic carbocycles. The summed E-state index contributed by atoms with van der Waals surface area (Å²) in [5.74, 6) is 0.643. The second-order valence-corrected chi connectivity index (χ2v) is 7.20. The number of anilines is 3. The van der Waals surface area contributed by atoms with E-state index in [-0.39, 0.29) is 0 Å². The van der Waals surface area contributed by atoms with Crippen molar-refractivity contribution in [2.24, 2.45) is 0 Å². The summed E-state index contributed by atoms with van der Waals surface area (Å²) < 4.78 is 1.56. The molecule has 0 saturated heterocycles. The van der Waals surface area contributed by atoms with Gasteiger partial charge in [0.2, 0.25) is 0 Å². The minimum atomic E-state index is 0.422. The largest absolute Gasteiger partial charge is 0.332 e. The van der Waals surface area contributed by atoms with Gasteiger partial charge in [0, 0.05) is 40.7 Å². The van der Waals surface area contributed by atoms with E-state index in [1.807, 2.05) is 37.4 Å². The van der Waals surface area contributed by atoms with Crippen LogP contribution in [0.4, 0.5) is 17.2 Å². The van der Waals surface area contributed by atoms with Gasteiger partial charge in [-0.05, 0) is 60.8 Å². The predicted octanol–water partition coefficient (Wildman–Crippen LogP) is 5.27. The summed E-state index contributed by atoms with van der Waals surface area (Å²) in [6, 6.07) is 16.4. The van der Waals surface area contributed by atoms with Crippen LogP contribution >= 0.6 is 47.6 Å². The van der Waals surface area contributed by atoms with Gasteiger partial charge in [0.15, 0.2) is 16.0 Å². The summed E-state index contributed by atoms with van der Waals surface area (Å²) in [7, 11) is 1.82. The van der Waals surface area contributed by atoms with Crippen molar-refractivity contribution >= 4 is 75.1 Å². The van der Waals surface area contributed by atoms with Crippen LogP contribution in [0.25, 0.3) is 0 Å². The molecule has 0 aliphatic carbocycles. The average Bonchev–Trinajstić information content (AvgIpc) is 3.11. The minimum Gasteiger partial charge on any atom is -0.332 e. The summed E-state index contributed by atoms with van der Waals surface area (Å²) in [4.78, 5) is 1.74. The number of aromatic nitrogens is 2. The van der Waals surface area contributed by atoms with E-state index in [0.717, 1.165) is 11.4 Å². The van der Waals surface area contributed by atoms with Crippen molar-refractivity contribution in [3.8, 4) is 0 Å². The van der Waals surface area contributed by atoms with Gasteiger partial charge in [-0.15, -0.1) is 5.10 Å². The summed E-state index contributed by atoms with van der Waals surface area (Å²) in [5.41, 5.74) is 1.59. The Balaban J connectivity index is 1.67. The summed E-state index contributed by atoms with van der Waals surface area (Å²) in [6.45, 7) is 0. The van der Waals surface area contributed by atoms with E-state index < -0.39 is 0 Å². The molecule has 27 heavy (non-hydrogen) atoms. The van der Waals surface area contributed by atoms with Crippen molar-refractivity contribution in [3.63, 3.8) is 0 Å². The number of rotatable bonds is 3. The fourth-order valence-corrected chi connectivity index (χ4v) is 3.04. The quantitative estimate of drug-likeness (QED) is 0.546. The minimum absolute atomic E-state index is 0.422. The van der Waals surface area contributed by atoms with Crippen LogP contribution in [0, 0.1) is 0 Å². The zero-order valence-electron chi connectivity index (χ0n) is 14.2. The highest BCUT2D eigenvalue weighted by Crippen LogP contribution is 2.18. The zero-order valence-corrected chi connectivity index (χ0v) is 17.3. The Labute approximate surface area is 177 Å². The number of nitrogens with one attached hydrogen (secondary N) is 2. The van der Waals surface area contributed by atoms with Crippen molar-refractivity contribution in [1.82, 2.24) is 9.78 Å². The van der Waals surface area contributed by atoms with Crippen molar-refractivity contribution in [1.29, 1.82) is 0 Å².